The van der Waals surface area contributed by atoms with Gasteiger partial charge in [-0.25, -0.2) is 0 Å². The largest absolute Gasteiger partial charge is 0.343 e. The van der Waals surface area contributed by atoms with Gasteiger partial charge in [0, 0.05) is 19.5 Å². The molecule has 94 valence electrons. The molecule has 0 radical (unpaired) electrons. The third kappa shape index (κ3) is 4.52. The van der Waals surface area contributed by atoms with Gasteiger partial charge in [0.15, 0.2) is 0 Å². The Bertz CT molecular complexity index is 220. The van der Waals surface area contributed by atoms with Crippen molar-refractivity contribution in [3.63, 3.8) is 0 Å². The average molecular weight is 226 g/mol. The topological polar surface area (TPSA) is 46.3 Å². The van der Waals surface area contributed by atoms with Crippen molar-refractivity contribution < 1.29 is 4.79 Å². The molecule has 1 aliphatic rings. The molecule has 0 unspecified atom stereocenters. The molecule has 0 aliphatic carbocycles. The van der Waals surface area contributed by atoms with E-state index < -0.39 is 0 Å². The third-order valence-corrected chi connectivity index (χ3v) is 3.55. The molecule has 1 amide bonds. The van der Waals surface area contributed by atoms with Crippen molar-refractivity contribution >= 4 is 5.91 Å². The molecule has 0 atom stereocenters. The number of nitrogens with two attached hydrogens (primary N) is 1. The maximum absolute atomic E-state index is 11.9. The van der Waals surface area contributed by atoms with Crippen LogP contribution in [0.15, 0.2) is 0 Å². The molecule has 16 heavy (non-hydrogen) atoms. The molecular formula is C13H26N2O. The molecule has 0 aromatic carbocycles. The van der Waals surface area contributed by atoms with Crippen LogP contribution in [0.2, 0.25) is 0 Å². The van der Waals surface area contributed by atoms with Gasteiger partial charge in [-0.1, -0.05) is 13.8 Å². The molecule has 3 heteroatoms. The fourth-order valence-corrected chi connectivity index (χ4v) is 2.26. The SMILES string of the molecule is CC(C)(CCN)CCC(=O)N1CCCCC1. The monoisotopic (exact) mass is 226 g/mol. The summed E-state index contributed by atoms with van der Waals surface area (Å²) in [5.74, 6) is 0.338. The fraction of sp³-hybridized carbons (Fsp3) is 0.923. The zero-order chi connectivity index (χ0) is 12.0. The second-order valence-corrected chi connectivity index (χ2v) is 5.64. The molecule has 3 nitrogen and oxygen atoms in total. The quantitative estimate of drug-likeness (QED) is 0.781. The Hall–Kier alpha value is -0.570. The van der Waals surface area contributed by atoms with Gasteiger partial charge in [-0.05, 0) is 44.1 Å². The summed E-state index contributed by atoms with van der Waals surface area (Å²) in [7, 11) is 0. The number of hydrogen-bond acceptors (Lipinski definition) is 2. The first-order chi connectivity index (χ1) is 7.55. The third-order valence-electron chi connectivity index (χ3n) is 3.55. The van der Waals surface area contributed by atoms with E-state index in [1.54, 1.807) is 0 Å². The van der Waals surface area contributed by atoms with E-state index in [2.05, 4.69) is 13.8 Å². The van der Waals surface area contributed by atoms with Gasteiger partial charge in [0.2, 0.25) is 5.91 Å². The normalized spacial score (nSPS) is 17.6. The summed E-state index contributed by atoms with van der Waals surface area (Å²) in [5.41, 5.74) is 5.78. The molecule has 0 bridgehead atoms. The van der Waals surface area contributed by atoms with Crippen LogP contribution in [0.5, 0.6) is 0 Å². The number of likely N-dealkylation sites (tertiary alicyclic amines) is 1. The highest BCUT2D eigenvalue weighted by Gasteiger charge is 2.21. The highest BCUT2D eigenvalue weighted by atomic mass is 16.2. The van der Waals surface area contributed by atoms with Crippen LogP contribution in [0.25, 0.3) is 0 Å². The minimum atomic E-state index is 0.209. The van der Waals surface area contributed by atoms with Crippen molar-refractivity contribution in [1.29, 1.82) is 0 Å². The molecule has 0 spiro atoms. The molecular weight excluding hydrogens is 200 g/mol. The predicted octanol–water partition coefficient (Wildman–Crippen LogP) is 2.15. The van der Waals surface area contributed by atoms with Gasteiger partial charge in [-0.3, -0.25) is 4.79 Å². The van der Waals surface area contributed by atoms with Crippen molar-refractivity contribution in [2.75, 3.05) is 19.6 Å². The van der Waals surface area contributed by atoms with E-state index in [0.717, 1.165) is 25.9 Å². The zero-order valence-corrected chi connectivity index (χ0v) is 10.8. The van der Waals surface area contributed by atoms with Crippen LogP contribution in [0.3, 0.4) is 0 Å². The Morgan fingerprint density at radius 1 is 1.19 bits per heavy atom. The maximum Gasteiger partial charge on any atom is 0.222 e. The minimum Gasteiger partial charge on any atom is -0.343 e. The summed E-state index contributed by atoms with van der Waals surface area (Å²) in [6, 6.07) is 0. The molecule has 1 fully saturated rings. The minimum absolute atomic E-state index is 0.209. The number of rotatable bonds is 5. The van der Waals surface area contributed by atoms with E-state index in [1.807, 2.05) is 4.90 Å². The Labute approximate surface area is 99.4 Å². The first kappa shape index (κ1) is 13.5. The summed E-state index contributed by atoms with van der Waals surface area (Å²) in [6.45, 7) is 7.05. The summed E-state index contributed by atoms with van der Waals surface area (Å²) in [6.07, 6.45) is 6.28. The van der Waals surface area contributed by atoms with Crippen LogP contribution in [-0.4, -0.2) is 30.4 Å². The van der Waals surface area contributed by atoms with E-state index in [-0.39, 0.29) is 5.41 Å². The van der Waals surface area contributed by atoms with Crippen LogP contribution < -0.4 is 5.73 Å². The first-order valence-corrected chi connectivity index (χ1v) is 6.53. The molecule has 0 aromatic rings. The molecule has 1 heterocycles. The summed E-state index contributed by atoms with van der Waals surface area (Å²) >= 11 is 0. The maximum atomic E-state index is 11.9. The average Bonchev–Trinajstić information content (AvgIpc) is 2.27. The van der Waals surface area contributed by atoms with Gasteiger partial charge in [-0.15, -0.1) is 0 Å². The highest BCUT2D eigenvalue weighted by Crippen LogP contribution is 2.26. The smallest absolute Gasteiger partial charge is 0.222 e. The van der Waals surface area contributed by atoms with Gasteiger partial charge in [0.1, 0.15) is 0 Å². The van der Waals surface area contributed by atoms with Crippen LogP contribution in [0.1, 0.15) is 52.4 Å². The number of hydrogen-bond donors (Lipinski definition) is 1. The lowest BCUT2D eigenvalue weighted by atomic mass is 9.84. The second-order valence-electron chi connectivity index (χ2n) is 5.64. The number of piperidine rings is 1. The highest BCUT2D eigenvalue weighted by molar-refractivity contribution is 5.76. The number of nitrogens with zero attached hydrogens (tertiary/aromatic N) is 1. The second kappa shape index (κ2) is 6.24. The van der Waals surface area contributed by atoms with Crippen molar-refractivity contribution in [3.8, 4) is 0 Å². The van der Waals surface area contributed by atoms with Crippen molar-refractivity contribution in [3.05, 3.63) is 0 Å². The van der Waals surface area contributed by atoms with E-state index in [1.165, 1.54) is 19.3 Å². The lowest BCUT2D eigenvalue weighted by Gasteiger charge is -2.29. The standard InChI is InChI=1S/C13H26N2O/c1-13(2,8-9-14)7-6-12(16)15-10-4-3-5-11-15/h3-11,14H2,1-2H3. The van der Waals surface area contributed by atoms with Gasteiger partial charge in [0.25, 0.3) is 0 Å². The molecule has 1 saturated heterocycles. The van der Waals surface area contributed by atoms with Gasteiger partial charge in [-0.2, -0.15) is 0 Å². The van der Waals surface area contributed by atoms with E-state index in [0.29, 0.717) is 18.9 Å². The zero-order valence-electron chi connectivity index (χ0n) is 10.8. The predicted molar refractivity (Wildman–Crippen MR) is 67.1 cm³/mol. The first-order valence-electron chi connectivity index (χ1n) is 6.53. The van der Waals surface area contributed by atoms with Crippen LogP contribution in [-0.2, 0) is 4.79 Å². The Morgan fingerprint density at radius 3 is 2.38 bits per heavy atom. The summed E-state index contributed by atoms with van der Waals surface area (Å²) in [5, 5.41) is 0. The Balaban J connectivity index is 2.28. The van der Waals surface area contributed by atoms with Crippen molar-refractivity contribution in [2.24, 2.45) is 11.1 Å². The number of carbonyl (C=O) groups is 1. The molecule has 2 N–H and O–H groups in total. The van der Waals surface area contributed by atoms with Gasteiger partial charge < -0.3 is 10.6 Å². The van der Waals surface area contributed by atoms with Crippen molar-refractivity contribution in [1.82, 2.24) is 4.90 Å². The number of carbonyl (C=O) groups excluding carboxylic acids is 1. The summed E-state index contributed by atoms with van der Waals surface area (Å²) < 4.78 is 0. The van der Waals surface area contributed by atoms with Crippen LogP contribution >= 0.6 is 0 Å². The van der Waals surface area contributed by atoms with Gasteiger partial charge >= 0.3 is 0 Å². The Morgan fingerprint density at radius 2 is 1.81 bits per heavy atom. The van der Waals surface area contributed by atoms with Gasteiger partial charge in [0.05, 0.1) is 0 Å². The molecule has 1 aliphatic heterocycles. The number of amides is 1. The lowest BCUT2D eigenvalue weighted by Crippen LogP contribution is -2.36. The molecule has 1 rings (SSSR count). The lowest BCUT2D eigenvalue weighted by molar-refractivity contribution is -0.132. The van der Waals surface area contributed by atoms with E-state index in [4.69, 9.17) is 5.73 Å². The van der Waals surface area contributed by atoms with Crippen LogP contribution in [0.4, 0.5) is 0 Å². The Kier molecular flexibility index (Phi) is 5.26. The van der Waals surface area contributed by atoms with Crippen LogP contribution in [0, 0.1) is 5.41 Å². The summed E-state index contributed by atoms with van der Waals surface area (Å²) in [4.78, 5) is 14.0. The van der Waals surface area contributed by atoms with E-state index >= 15 is 0 Å². The fourth-order valence-electron chi connectivity index (χ4n) is 2.26. The molecule has 0 aromatic heterocycles. The van der Waals surface area contributed by atoms with E-state index in [9.17, 15) is 4.79 Å². The molecule has 0 saturated carbocycles. The van der Waals surface area contributed by atoms with Crippen molar-refractivity contribution in [2.45, 2.75) is 52.4 Å².